The van der Waals surface area contributed by atoms with E-state index < -0.39 is 0 Å². The Morgan fingerprint density at radius 2 is 2.05 bits per heavy atom. The second-order valence-corrected chi connectivity index (χ2v) is 5.83. The third kappa shape index (κ3) is 3.72. The van der Waals surface area contributed by atoms with E-state index in [1.54, 1.807) is 31.3 Å². The molecule has 0 spiro atoms. The van der Waals surface area contributed by atoms with E-state index in [1.165, 1.54) is 4.57 Å². The highest BCUT2D eigenvalue weighted by molar-refractivity contribution is 9.10. The van der Waals surface area contributed by atoms with Crippen molar-refractivity contribution in [3.63, 3.8) is 0 Å². The number of carbonyl (C=O) groups excluding carboxylic acids is 1. The van der Waals surface area contributed by atoms with Crippen molar-refractivity contribution < 1.29 is 4.79 Å². The first-order chi connectivity index (χ1) is 9.86. The molecule has 0 aliphatic heterocycles. The minimum atomic E-state index is -0.301. The van der Waals surface area contributed by atoms with Crippen LogP contribution >= 0.6 is 15.9 Å². The molecule has 0 bridgehead atoms. The Morgan fingerprint density at radius 3 is 2.71 bits per heavy atom. The van der Waals surface area contributed by atoms with Crippen LogP contribution in [-0.2, 0) is 11.3 Å². The summed E-state index contributed by atoms with van der Waals surface area (Å²) < 4.78 is 2.11. The number of nitrogens with zero attached hydrogens (tertiary/aromatic N) is 1. The molecule has 0 fully saturated rings. The van der Waals surface area contributed by atoms with Gasteiger partial charge in [0.15, 0.2) is 0 Å². The molecule has 0 saturated carbocycles. The number of anilines is 2. The molecule has 110 valence electrons. The van der Waals surface area contributed by atoms with Gasteiger partial charge in [0, 0.05) is 16.2 Å². The fourth-order valence-electron chi connectivity index (χ4n) is 2.00. The van der Waals surface area contributed by atoms with E-state index in [0.717, 1.165) is 10.0 Å². The number of aromatic nitrogens is 1. The average Bonchev–Trinajstić information content (AvgIpc) is 2.38. The van der Waals surface area contributed by atoms with Crippen molar-refractivity contribution in [1.82, 2.24) is 4.57 Å². The van der Waals surface area contributed by atoms with Gasteiger partial charge in [0.1, 0.15) is 6.54 Å². The van der Waals surface area contributed by atoms with Crippen molar-refractivity contribution in [3.8, 4) is 0 Å². The molecule has 1 amide bonds. The van der Waals surface area contributed by atoms with E-state index in [0.29, 0.717) is 16.9 Å². The Hall–Kier alpha value is -2.08. The summed E-state index contributed by atoms with van der Waals surface area (Å²) in [4.78, 5) is 24.0. The predicted molar refractivity (Wildman–Crippen MR) is 87.4 cm³/mol. The molecule has 6 heteroatoms. The van der Waals surface area contributed by atoms with Crippen molar-refractivity contribution >= 4 is 33.2 Å². The van der Waals surface area contributed by atoms with Crippen LogP contribution in [0.2, 0.25) is 0 Å². The normalized spacial score (nSPS) is 10.4. The first-order valence-corrected chi connectivity index (χ1v) is 7.18. The highest BCUT2D eigenvalue weighted by Gasteiger charge is 2.09. The van der Waals surface area contributed by atoms with Gasteiger partial charge in [0.05, 0.1) is 11.4 Å². The van der Waals surface area contributed by atoms with Crippen molar-refractivity contribution in [2.24, 2.45) is 0 Å². The van der Waals surface area contributed by atoms with Gasteiger partial charge in [-0.2, -0.15) is 0 Å². The van der Waals surface area contributed by atoms with Gasteiger partial charge in [-0.25, -0.2) is 0 Å². The number of hydrogen-bond acceptors (Lipinski definition) is 3. The predicted octanol–water partition coefficient (Wildman–Crippen LogP) is 2.45. The minimum Gasteiger partial charge on any atom is -0.397 e. The molecular formula is C15H16BrN3O2. The largest absolute Gasteiger partial charge is 0.397 e. The van der Waals surface area contributed by atoms with Crippen molar-refractivity contribution in [2.45, 2.75) is 20.4 Å². The monoisotopic (exact) mass is 349 g/mol. The van der Waals surface area contributed by atoms with Crippen molar-refractivity contribution in [2.75, 3.05) is 11.1 Å². The fourth-order valence-corrected chi connectivity index (χ4v) is 2.59. The molecule has 0 saturated heterocycles. The van der Waals surface area contributed by atoms with E-state index in [-0.39, 0.29) is 18.0 Å². The Balaban J connectivity index is 2.17. The molecule has 1 aromatic carbocycles. The van der Waals surface area contributed by atoms with E-state index in [4.69, 9.17) is 5.73 Å². The number of nitrogens with one attached hydrogen (secondary N) is 1. The first kappa shape index (κ1) is 15.3. The number of rotatable bonds is 3. The summed E-state index contributed by atoms with van der Waals surface area (Å²) in [7, 11) is 0. The van der Waals surface area contributed by atoms with Gasteiger partial charge in [0.25, 0.3) is 5.56 Å². The molecule has 0 atom stereocenters. The Morgan fingerprint density at radius 1 is 1.33 bits per heavy atom. The third-order valence-corrected chi connectivity index (χ3v) is 3.46. The van der Waals surface area contributed by atoms with Gasteiger partial charge < -0.3 is 15.6 Å². The van der Waals surface area contributed by atoms with E-state index in [2.05, 4.69) is 21.2 Å². The lowest BCUT2D eigenvalue weighted by Gasteiger charge is -2.11. The average molecular weight is 350 g/mol. The second kappa shape index (κ2) is 6.13. The topological polar surface area (TPSA) is 77.1 Å². The van der Waals surface area contributed by atoms with Crippen LogP contribution in [0.4, 0.5) is 11.4 Å². The van der Waals surface area contributed by atoms with Crippen LogP contribution < -0.4 is 16.6 Å². The molecule has 0 aliphatic carbocycles. The van der Waals surface area contributed by atoms with Gasteiger partial charge in [-0.3, -0.25) is 9.59 Å². The number of carbonyl (C=O) groups is 1. The molecule has 2 rings (SSSR count). The van der Waals surface area contributed by atoms with Gasteiger partial charge in [-0.15, -0.1) is 0 Å². The van der Waals surface area contributed by atoms with Crippen LogP contribution in [0.1, 0.15) is 11.1 Å². The molecule has 1 aromatic heterocycles. The highest BCUT2D eigenvalue weighted by atomic mass is 79.9. The number of benzene rings is 1. The Bertz CT molecular complexity index is 753. The van der Waals surface area contributed by atoms with E-state index in [9.17, 15) is 9.59 Å². The Kier molecular flexibility index (Phi) is 4.47. The first-order valence-electron chi connectivity index (χ1n) is 6.39. The van der Waals surface area contributed by atoms with E-state index >= 15 is 0 Å². The fraction of sp³-hybridized carbons (Fsp3) is 0.200. The van der Waals surface area contributed by atoms with Gasteiger partial charge in [0.2, 0.25) is 5.91 Å². The maximum Gasteiger partial charge on any atom is 0.253 e. The lowest BCUT2D eigenvalue weighted by molar-refractivity contribution is -0.116. The van der Waals surface area contributed by atoms with Gasteiger partial charge >= 0.3 is 0 Å². The maximum atomic E-state index is 12.1. The SMILES string of the molecule is Cc1ccc(NC(=O)Cn2cc(Br)cc(C)c2=O)c(N)c1. The highest BCUT2D eigenvalue weighted by Crippen LogP contribution is 2.19. The quantitative estimate of drug-likeness (QED) is 0.835. The summed E-state index contributed by atoms with van der Waals surface area (Å²) in [6.07, 6.45) is 1.59. The summed E-state index contributed by atoms with van der Waals surface area (Å²) in [6, 6.07) is 7.11. The zero-order chi connectivity index (χ0) is 15.6. The van der Waals surface area contributed by atoms with Crippen LogP contribution in [0, 0.1) is 13.8 Å². The van der Waals surface area contributed by atoms with Crippen LogP contribution in [0.25, 0.3) is 0 Å². The third-order valence-electron chi connectivity index (χ3n) is 3.03. The molecule has 2 aromatic rings. The zero-order valence-electron chi connectivity index (χ0n) is 11.8. The van der Waals surface area contributed by atoms with Crippen LogP contribution in [0.15, 0.2) is 39.7 Å². The number of nitrogens with two attached hydrogens (primary N) is 1. The lowest BCUT2D eigenvalue weighted by Crippen LogP contribution is -2.28. The number of hydrogen-bond donors (Lipinski definition) is 2. The number of halogens is 1. The molecule has 3 N–H and O–H groups in total. The minimum absolute atomic E-state index is 0.0631. The van der Waals surface area contributed by atoms with E-state index in [1.807, 2.05) is 13.0 Å². The standard InChI is InChI=1S/C15H16BrN3O2/c1-9-3-4-13(12(17)5-9)18-14(20)8-19-7-11(16)6-10(2)15(19)21/h3-7H,8,17H2,1-2H3,(H,18,20). The smallest absolute Gasteiger partial charge is 0.253 e. The summed E-state index contributed by atoms with van der Waals surface area (Å²) in [5.74, 6) is -0.301. The zero-order valence-corrected chi connectivity index (χ0v) is 13.4. The number of amides is 1. The molecule has 1 heterocycles. The molecule has 0 unspecified atom stereocenters. The molecule has 21 heavy (non-hydrogen) atoms. The molecule has 0 radical (unpaired) electrons. The van der Waals surface area contributed by atoms with Gasteiger partial charge in [-0.05, 0) is 53.5 Å². The Labute approximate surface area is 130 Å². The van der Waals surface area contributed by atoms with Gasteiger partial charge in [-0.1, -0.05) is 6.07 Å². The molecular weight excluding hydrogens is 334 g/mol. The van der Waals surface area contributed by atoms with Crippen LogP contribution in [0.5, 0.6) is 0 Å². The van der Waals surface area contributed by atoms with Crippen LogP contribution in [-0.4, -0.2) is 10.5 Å². The number of aryl methyl sites for hydroxylation is 2. The summed E-state index contributed by atoms with van der Waals surface area (Å²) in [5, 5.41) is 2.71. The molecule has 0 aliphatic rings. The lowest BCUT2D eigenvalue weighted by atomic mass is 10.2. The summed E-state index contributed by atoms with van der Waals surface area (Å²) in [5.41, 5.74) is 8.30. The summed E-state index contributed by atoms with van der Waals surface area (Å²) >= 11 is 3.31. The van der Waals surface area contributed by atoms with Crippen molar-refractivity contribution in [1.29, 1.82) is 0 Å². The number of pyridine rings is 1. The van der Waals surface area contributed by atoms with Crippen molar-refractivity contribution in [3.05, 3.63) is 56.4 Å². The maximum absolute atomic E-state index is 12.1. The second-order valence-electron chi connectivity index (χ2n) is 4.91. The molecule has 5 nitrogen and oxygen atoms in total. The van der Waals surface area contributed by atoms with Crippen LogP contribution in [0.3, 0.4) is 0 Å². The summed E-state index contributed by atoms with van der Waals surface area (Å²) in [6.45, 7) is 3.57. The number of nitrogen functional groups attached to an aromatic ring is 1.